The van der Waals surface area contributed by atoms with Gasteiger partial charge in [-0.05, 0) is 48.2 Å². The lowest BCUT2D eigenvalue weighted by atomic mass is 10.0. The molecule has 7 heteroatoms. The third kappa shape index (κ3) is 9.21. The summed E-state index contributed by atoms with van der Waals surface area (Å²) >= 11 is 5.91. The molecule has 5 nitrogen and oxygen atoms in total. The SMILES string of the molecule is CC(C)CNC(=O)[C@@H](Cc1ccccc1)N(Cc1ccccc1F)C(=O)CCCOc1ccc(Cl)cc1. The Bertz CT molecular complexity index is 1140. The van der Waals surface area contributed by atoms with E-state index in [1.165, 1.54) is 11.0 Å². The molecule has 3 aromatic rings. The van der Waals surface area contributed by atoms with Gasteiger partial charge < -0.3 is 15.0 Å². The number of ether oxygens (including phenoxy) is 1. The molecule has 1 atom stereocenters. The number of halogens is 2. The zero-order valence-corrected chi connectivity index (χ0v) is 22.1. The summed E-state index contributed by atoms with van der Waals surface area (Å²) in [6, 6.07) is 22.1. The lowest BCUT2D eigenvalue weighted by Gasteiger charge is -2.32. The normalized spacial score (nSPS) is 11.7. The van der Waals surface area contributed by atoms with Crippen molar-refractivity contribution in [1.29, 1.82) is 0 Å². The van der Waals surface area contributed by atoms with E-state index in [0.717, 1.165) is 5.56 Å². The predicted octanol–water partition coefficient (Wildman–Crippen LogP) is 6.05. The van der Waals surface area contributed by atoms with Crippen LogP contribution < -0.4 is 10.1 Å². The Morgan fingerprint density at radius 1 is 0.973 bits per heavy atom. The molecule has 0 bridgehead atoms. The standard InChI is InChI=1S/C30H34ClFN2O3/c1-22(2)20-33-30(36)28(19-23-9-4-3-5-10-23)34(21-24-11-6-7-12-27(24)32)29(35)13-8-18-37-26-16-14-25(31)15-17-26/h3-7,9-12,14-17,22,28H,8,13,18-21H2,1-2H3,(H,33,36)/t28-/m1/s1. The molecule has 0 aliphatic rings. The second-order valence-electron chi connectivity index (χ2n) is 9.36. The highest BCUT2D eigenvalue weighted by Gasteiger charge is 2.30. The fourth-order valence-electron chi connectivity index (χ4n) is 3.87. The maximum atomic E-state index is 14.6. The maximum absolute atomic E-state index is 14.6. The van der Waals surface area contributed by atoms with Crippen LogP contribution in [0.25, 0.3) is 0 Å². The summed E-state index contributed by atoms with van der Waals surface area (Å²) in [6.07, 6.45) is 0.929. The molecule has 0 aliphatic heterocycles. The second kappa shape index (κ2) is 14.4. The minimum atomic E-state index is -0.787. The van der Waals surface area contributed by atoms with Gasteiger partial charge >= 0.3 is 0 Å². The van der Waals surface area contributed by atoms with Gasteiger partial charge in [-0.2, -0.15) is 0 Å². The first-order chi connectivity index (χ1) is 17.8. The van der Waals surface area contributed by atoms with Crippen molar-refractivity contribution in [3.63, 3.8) is 0 Å². The number of carbonyl (C=O) groups is 2. The first-order valence-electron chi connectivity index (χ1n) is 12.6. The van der Waals surface area contributed by atoms with E-state index in [1.807, 2.05) is 44.2 Å². The van der Waals surface area contributed by atoms with Crippen LogP contribution in [0.2, 0.25) is 5.02 Å². The van der Waals surface area contributed by atoms with Gasteiger partial charge in [-0.15, -0.1) is 0 Å². The van der Waals surface area contributed by atoms with Crippen LogP contribution in [0.1, 0.15) is 37.8 Å². The summed E-state index contributed by atoms with van der Waals surface area (Å²) in [5.74, 6) is 0.0211. The largest absolute Gasteiger partial charge is 0.494 e. The molecule has 37 heavy (non-hydrogen) atoms. The summed E-state index contributed by atoms with van der Waals surface area (Å²) in [5.41, 5.74) is 1.28. The van der Waals surface area contributed by atoms with E-state index in [9.17, 15) is 14.0 Å². The lowest BCUT2D eigenvalue weighted by molar-refractivity contribution is -0.141. The Hall–Kier alpha value is -3.38. The number of hydrogen-bond donors (Lipinski definition) is 1. The van der Waals surface area contributed by atoms with Gasteiger partial charge in [0, 0.05) is 36.5 Å². The van der Waals surface area contributed by atoms with Crippen LogP contribution in [0.4, 0.5) is 4.39 Å². The van der Waals surface area contributed by atoms with Crippen LogP contribution in [0.15, 0.2) is 78.9 Å². The van der Waals surface area contributed by atoms with E-state index in [1.54, 1.807) is 42.5 Å². The fourth-order valence-corrected chi connectivity index (χ4v) is 4.00. The molecule has 196 valence electrons. The Morgan fingerprint density at radius 3 is 2.32 bits per heavy atom. The summed E-state index contributed by atoms with van der Waals surface area (Å²) in [4.78, 5) is 28.4. The molecule has 0 saturated heterocycles. The molecular formula is C30H34ClFN2O3. The number of benzene rings is 3. The van der Waals surface area contributed by atoms with Gasteiger partial charge in [-0.25, -0.2) is 4.39 Å². The number of rotatable bonds is 13. The monoisotopic (exact) mass is 524 g/mol. The van der Waals surface area contributed by atoms with Crippen molar-refractivity contribution in [2.24, 2.45) is 5.92 Å². The molecule has 0 aliphatic carbocycles. The Balaban J connectivity index is 1.79. The third-order valence-corrected chi connectivity index (χ3v) is 6.12. The second-order valence-corrected chi connectivity index (χ2v) is 9.80. The van der Waals surface area contributed by atoms with Crippen molar-refractivity contribution in [3.8, 4) is 5.75 Å². The molecule has 3 rings (SSSR count). The molecule has 0 fully saturated rings. The van der Waals surface area contributed by atoms with Crippen LogP contribution in [-0.2, 0) is 22.6 Å². The first-order valence-corrected chi connectivity index (χ1v) is 12.9. The summed E-state index contributed by atoms with van der Waals surface area (Å²) in [6.45, 7) is 4.83. The lowest BCUT2D eigenvalue weighted by Crippen LogP contribution is -2.51. The van der Waals surface area contributed by atoms with Crippen molar-refractivity contribution >= 4 is 23.4 Å². The van der Waals surface area contributed by atoms with Crippen LogP contribution in [0, 0.1) is 11.7 Å². The van der Waals surface area contributed by atoms with Gasteiger partial charge in [0.2, 0.25) is 11.8 Å². The highest BCUT2D eigenvalue weighted by Crippen LogP contribution is 2.19. The van der Waals surface area contributed by atoms with Crippen molar-refractivity contribution in [1.82, 2.24) is 10.2 Å². The number of nitrogens with one attached hydrogen (secondary N) is 1. The van der Waals surface area contributed by atoms with Gasteiger partial charge in [0.25, 0.3) is 0 Å². The van der Waals surface area contributed by atoms with E-state index in [-0.39, 0.29) is 30.7 Å². The molecule has 0 radical (unpaired) electrons. The van der Waals surface area contributed by atoms with E-state index in [0.29, 0.717) is 42.3 Å². The number of nitrogens with zero attached hydrogens (tertiary/aromatic N) is 1. The predicted molar refractivity (Wildman–Crippen MR) is 145 cm³/mol. The molecule has 0 spiro atoms. The average molecular weight is 525 g/mol. The molecule has 0 unspecified atom stereocenters. The van der Waals surface area contributed by atoms with Crippen molar-refractivity contribution in [2.45, 2.75) is 45.7 Å². The number of amides is 2. The van der Waals surface area contributed by atoms with Gasteiger partial charge in [0.05, 0.1) is 6.61 Å². The fraction of sp³-hybridized carbons (Fsp3) is 0.333. The molecule has 3 aromatic carbocycles. The van der Waals surface area contributed by atoms with Crippen LogP contribution >= 0.6 is 11.6 Å². The number of carbonyl (C=O) groups excluding carboxylic acids is 2. The molecule has 2 amide bonds. The van der Waals surface area contributed by atoms with Gasteiger partial charge in [-0.1, -0.05) is 74.0 Å². The third-order valence-electron chi connectivity index (χ3n) is 5.87. The molecular weight excluding hydrogens is 491 g/mol. The van der Waals surface area contributed by atoms with Crippen molar-refractivity contribution in [2.75, 3.05) is 13.2 Å². The van der Waals surface area contributed by atoms with Gasteiger partial charge in [-0.3, -0.25) is 9.59 Å². The quantitative estimate of drug-likeness (QED) is 0.277. The zero-order chi connectivity index (χ0) is 26.6. The molecule has 1 N–H and O–H groups in total. The Labute approximate surface area is 223 Å². The summed E-state index contributed by atoms with van der Waals surface area (Å²) in [5, 5.41) is 3.59. The Morgan fingerprint density at radius 2 is 1.65 bits per heavy atom. The summed E-state index contributed by atoms with van der Waals surface area (Å²) in [7, 11) is 0. The van der Waals surface area contributed by atoms with E-state index in [4.69, 9.17) is 16.3 Å². The van der Waals surface area contributed by atoms with Crippen molar-refractivity contribution in [3.05, 3.63) is 101 Å². The van der Waals surface area contributed by atoms with E-state index < -0.39 is 11.9 Å². The molecule has 0 aromatic heterocycles. The summed E-state index contributed by atoms with van der Waals surface area (Å²) < 4.78 is 20.3. The Kier molecular flexibility index (Phi) is 11.0. The topological polar surface area (TPSA) is 58.6 Å². The van der Waals surface area contributed by atoms with Crippen LogP contribution in [0.5, 0.6) is 5.75 Å². The smallest absolute Gasteiger partial charge is 0.243 e. The minimum Gasteiger partial charge on any atom is -0.494 e. The minimum absolute atomic E-state index is 0.00382. The van der Waals surface area contributed by atoms with E-state index in [2.05, 4.69) is 5.32 Å². The average Bonchev–Trinajstić information content (AvgIpc) is 2.89. The maximum Gasteiger partial charge on any atom is 0.243 e. The van der Waals surface area contributed by atoms with Crippen LogP contribution in [-0.4, -0.2) is 35.9 Å². The molecule has 0 saturated carbocycles. The highest BCUT2D eigenvalue weighted by atomic mass is 35.5. The highest BCUT2D eigenvalue weighted by molar-refractivity contribution is 6.30. The van der Waals surface area contributed by atoms with Crippen molar-refractivity contribution < 1.29 is 18.7 Å². The van der Waals surface area contributed by atoms with E-state index >= 15 is 0 Å². The van der Waals surface area contributed by atoms with Gasteiger partial charge in [0.15, 0.2) is 0 Å². The first kappa shape index (κ1) is 28.2. The number of hydrogen-bond acceptors (Lipinski definition) is 3. The van der Waals surface area contributed by atoms with Crippen LogP contribution in [0.3, 0.4) is 0 Å². The zero-order valence-electron chi connectivity index (χ0n) is 21.3. The molecule has 0 heterocycles. The van der Waals surface area contributed by atoms with Gasteiger partial charge in [0.1, 0.15) is 17.6 Å².